The number of thiazole rings is 1. The molecule has 5 nitrogen and oxygen atoms in total. The molecule has 0 aliphatic heterocycles. The number of benzene rings is 1. The molecule has 0 amide bonds. The molecular weight excluding hydrogens is 288 g/mol. The molecule has 0 fully saturated rings. The molecule has 21 heavy (non-hydrogen) atoms. The molecule has 0 spiro atoms. The van der Waals surface area contributed by atoms with E-state index in [0.717, 1.165) is 28.7 Å². The topological polar surface area (TPSA) is 60.5 Å². The number of carbonyl (C=O) groups is 1. The van der Waals surface area contributed by atoms with Gasteiger partial charge in [0.15, 0.2) is 10.8 Å². The van der Waals surface area contributed by atoms with Gasteiger partial charge in [-0.2, -0.15) is 0 Å². The molecule has 1 aromatic carbocycles. The number of hydrogen-bond acceptors (Lipinski definition) is 6. The van der Waals surface area contributed by atoms with Crippen molar-refractivity contribution in [1.82, 2.24) is 4.98 Å². The smallest absolute Gasteiger partial charge is 0.357 e. The van der Waals surface area contributed by atoms with Crippen LogP contribution in [0.2, 0.25) is 0 Å². The van der Waals surface area contributed by atoms with E-state index in [-0.39, 0.29) is 0 Å². The predicted octanol–water partition coefficient (Wildman–Crippen LogP) is 2.90. The van der Waals surface area contributed by atoms with E-state index in [2.05, 4.69) is 10.3 Å². The summed E-state index contributed by atoms with van der Waals surface area (Å²) in [5.74, 6) is 0.455. The van der Waals surface area contributed by atoms with Crippen LogP contribution in [-0.2, 0) is 11.2 Å². The second-order valence-electron chi connectivity index (χ2n) is 4.44. The molecule has 1 aromatic heterocycles. The third-order valence-electron chi connectivity index (χ3n) is 3.02. The molecular formula is C15H18N2O3S. The summed E-state index contributed by atoms with van der Waals surface area (Å²) in [7, 11) is 3.01. The molecule has 0 saturated carbocycles. The van der Waals surface area contributed by atoms with Crippen molar-refractivity contribution in [2.24, 2.45) is 0 Å². The van der Waals surface area contributed by atoms with E-state index >= 15 is 0 Å². The van der Waals surface area contributed by atoms with E-state index in [1.807, 2.05) is 31.2 Å². The van der Waals surface area contributed by atoms with Crippen molar-refractivity contribution in [3.63, 3.8) is 0 Å². The Labute approximate surface area is 127 Å². The standard InChI is InChI=1S/C15H18N2O3S/c1-10-13(14(18)20-3)17-15(21-10)16-9-8-11-4-6-12(19-2)7-5-11/h4-7H,8-9H2,1-3H3,(H,16,17). The van der Waals surface area contributed by atoms with E-state index < -0.39 is 5.97 Å². The summed E-state index contributed by atoms with van der Waals surface area (Å²) in [4.78, 5) is 16.6. The zero-order chi connectivity index (χ0) is 15.2. The van der Waals surface area contributed by atoms with Crippen molar-refractivity contribution in [1.29, 1.82) is 0 Å². The van der Waals surface area contributed by atoms with Gasteiger partial charge in [-0.15, -0.1) is 11.3 Å². The van der Waals surface area contributed by atoms with Crippen molar-refractivity contribution in [3.05, 3.63) is 40.4 Å². The molecule has 0 radical (unpaired) electrons. The lowest BCUT2D eigenvalue weighted by Gasteiger charge is -2.04. The van der Waals surface area contributed by atoms with Gasteiger partial charge in [-0.3, -0.25) is 0 Å². The maximum absolute atomic E-state index is 11.5. The molecule has 0 saturated heterocycles. The molecule has 2 aromatic rings. The fraction of sp³-hybridized carbons (Fsp3) is 0.333. The maximum atomic E-state index is 11.5. The first kappa shape index (κ1) is 15.3. The number of aryl methyl sites for hydroxylation is 1. The highest BCUT2D eigenvalue weighted by Crippen LogP contribution is 2.22. The molecule has 0 aliphatic rings. The molecule has 112 valence electrons. The Morgan fingerprint density at radius 2 is 2.00 bits per heavy atom. The second-order valence-corrected chi connectivity index (χ2v) is 5.64. The quantitative estimate of drug-likeness (QED) is 0.832. The van der Waals surface area contributed by atoms with Gasteiger partial charge in [0.05, 0.1) is 14.2 Å². The third kappa shape index (κ3) is 3.95. The number of aromatic nitrogens is 1. The minimum Gasteiger partial charge on any atom is -0.497 e. The minimum atomic E-state index is -0.396. The van der Waals surface area contributed by atoms with Crippen LogP contribution in [0.5, 0.6) is 5.75 Å². The van der Waals surface area contributed by atoms with Crippen LogP contribution < -0.4 is 10.1 Å². The maximum Gasteiger partial charge on any atom is 0.357 e. The van der Waals surface area contributed by atoms with Gasteiger partial charge in [-0.1, -0.05) is 12.1 Å². The largest absolute Gasteiger partial charge is 0.497 e. The Morgan fingerprint density at radius 3 is 2.62 bits per heavy atom. The van der Waals surface area contributed by atoms with Crippen LogP contribution in [0, 0.1) is 6.92 Å². The van der Waals surface area contributed by atoms with E-state index in [1.54, 1.807) is 7.11 Å². The first-order valence-electron chi connectivity index (χ1n) is 6.56. The lowest BCUT2D eigenvalue weighted by atomic mass is 10.1. The number of esters is 1. The van der Waals surface area contributed by atoms with Crippen LogP contribution in [0.4, 0.5) is 5.13 Å². The molecule has 1 heterocycles. The number of rotatable bonds is 6. The summed E-state index contributed by atoms with van der Waals surface area (Å²) in [6, 6.07) is 7.96. The third-order valence-corrected chi connectivity index (χ3v) is 3.95. The van der Waals surface area contributed by atoms with Crippen molar-refractivity contribution in [2.75, 3.05) is 26.1 Å². The van der Waals surface area contributed by atoms with Crippen LogP contribution in [0.15, 0.2) is 24.3 Å². The zero-order valence-corrected chi connectivity index (χ0v) is 13.1. The number of carbonyl (C=O) groups excluding carboxylic acids is 1. The van der Waals surface area contributed by atoms with Gasteiger partial charge in [0.1, 0.15) is 5.75 Å². The van der Waals surface area contributed by atoms with E-state index in [4.69, 9.17) is 9.47 Å². The van der Waals surface area contributed by atoms with Gasteiger partial charge in [0, 0.05) is 11.4 Å². The van der Waals surface area contributed by atoms with Crippen molar-refractivity contribution < 1.29 is 14.3 Å². The molecule has 0 bridgehead atoms. The van der Waals surface area contributed by atoms with E-state index in [1.165, 1.54) is 24.0 Å². The number of nitrogens with zero attached hydrogens (tertiary/aromatic N) is 1. The van der Waals surface area contributed by atoms with Crippen LogP contribution in [0.25, 0.3) is 0 Å². The zero-order valence-electron chi connectivity index (χ0n) is 12.3. The highest BCUT2D eigenvalue weighted by Gasteiger charge is 2.15. The summed E-state index contributed by atoms with van der Waals surface area (Å²) < 4.78 is 9.82. The summed E-state index contributed by atoms with van der Waals surface area (Å²) in [6.45, 7) is 2.61. The Morgan fingerprint density at radius 1 is 1.29 bits per heavy atom. The summed E-state index contributed by atoms with van der Waals surface area (Å²) in [5.41, 5.74) is 1.60. The fourth-order valence-corrected chi connectivity index (χ4v) is 2.69. The Kier molecular flexibility index (Phi) is 5.16. The molecule has 0 unspecified atom stereocenters. The van der Waals surface area contributed by atoms with Crippen molar-refractivity contribution >= 4 is 22.4 Å². The SMILES string of the molecule is COC(=O)c1nc(NCCc2ccc(OC)cc2)sc1C. The van der Waals surface area contributed by atoms with Crippen molar-refractivity contribution in [3.8, 4) is 5.75 Å². The van der Waals surface area contributed by atoms with Crippen LogP contribution in [-0.4, -0.2) is 31.7 Å². The van der Waals surface area contributed by atoms with Gasteiger partial charge in [0.25, 0.3) is 0 Å². The number of nitrogens with one attached hydrogen (secondary N) is 1. The van der Waals surface area contributed by atoms with Gasteiger partial charge >= 0.3 is 5.97 Å². The van der Waals surface area contributed by atoms with Gasteiger partial charge in [-0.05, 0) is 31.0 Å². The summed E-state index contributed by atoms with van der Waals surface area (Å²) in [5, 5.41) is 3.97. The Balaban J connectivity index is 1.89. The number of ether oxygens (including phenoxy) is 2. The van der Waals surface area contributed by atoms with Crippen LogP contribution in [0.1, 0.15) is 20.9 Å². The highest BCUT2D eigenvalue weighted by molar-refractivity contribution is 7.15. The summed E-state index contributed by atoms with van der Waals surface area (Å²) in [6.07, 6.45) is 0.871. The Hall–Kier alpha value is -2.08. The first-order chi connectivity index (χ1) is 10.1. The van der Waals surface area contributed by atoms with E-state index in [9.17, 15) is 4.79 Å². The van der Waals surface area contributed by atoms with Crippen LogP contribution >= 0.6 is 11.3 Å². The number of anilines is 1. The predicted molar refractivity (Wildman–Crippen MR) is 83.4 cm³/mol. The van der Waals surface area contributed by atoms with E-state index in [0.29, 0.717) is 5.69 Å². The van der Waals surface area contributed by atoms with Gasteiger partial charge in [-0.25, -0.2) is 9.78 Å². The van der Waals surface area contributed by atoms with Gasteiger partial charge < -0.3 is 14.8 Å². The number of hydrogen-bond donors (Lipinski definition) is 1. The van der Waals surface area contributed by atoms with Crippen LogP contribution in [0.3, 0.4) is 0 Å². The number of methoxy groups -OCH3 is 2. The lowest BCUT2D eigenvalue weighted by Crippen LogP contribution is -2.06. The average Bonchev–Trinajstić information content (AvgIpc) is 2.88. The first-order valence-corrected chi connectivity index (χ1v) is 7.38. The Bertz CT molecular complexity index is 608. The molecule has 0 aliphatic carbocycles. The second kappa shape index (κ2) is 7.08. The molecule has 0 atom stereocenters. The fourth-order valence-electron chi connectivity index (χ4n) is 1.86. The summed E-state index contributed by atoms with van der Waals surface area (Å²) >= 11 is 1.46. The molecule has 2 rings (SSSR count). The highest BCUT2D eigenvalue weighted by atomic mass is 32.1. The molecule has 6 heteroatoms. The lowest BCUT2D eigenvalue weighted by molar-refractivity contribution is 0.0594. The monoisotopic (exact) mass is 306 g/mol. The van der Waals surface area contributed by atoms with Gasteiger partial charge in [0.2, 0.25) is 0 Å². The van der Waals surface area contributed by atoms with Crippen molar-refractivity contribution in [2.45, 2.75) is 13.3 Å². The minimum absolute atomic E-state index is 0.384. The normalized spacial score (nSPS) is 10.2. The molecule has 1 N–H and O–H groups in total. The average molecular weight is 306 g/mol.